The van der Waals surface area contributed by atoms with E-state index in [0.717, 1.165) is 5.56 Å². The Labute approximate surface area is 172 Å². The fourth-order valence-corrected chi connectivity index (χ4v) is 2.59. The predicted octanol–water partition coefficient (Wildman–Crippen LogP) is 4.01. The standard InChI is InChI=1S/C22H18FN3O4/c23-19-9-5-17(6-10-19)15-30-21-4-2-1-3-18(21)14-24-25-22(27)13-16-7-11-20(12-8-16)26(28)29/h1-12,14H,13,15H2,(H,25,27)/b24-14-. The summed E-state index contributed by atoms with van der Waals surface area (Å²) in [7, 11) is 0. The summed E-state index contributed by atoms with van der Waals surface area (Å²) >= 11 is 0. The highest BCUT2D eigenvalue weighted by Gasteiger charge is 2.07. The second-order valence-electron chi connectivity index (χ2n) is 6.35. The zero-order valence-corrected chi connectivity index (χ0v) is 15.8. The first-order valence-corrected chi connectivity index (χ1v) is 9.03. The molecule has 0 aromatic heterocycles. The molecule has 152 valence electrons. The van der Waals surface area contributed by atoms with E-state index in [4.69, 9.17) is 4.74 Å². The molecule has 30 heavy (non-hydrogen) atoms. The van der Waals surface area contributed by atoms with E-state index in [1.165, 1.54) is 42.6 Å². The summed E-state index contributed by atoms with van der Waals surface area (Å²) in [5.41, 5.74) is 4.51. The number of carbonyl (C=O) groups is 1. The smallest absolute Gasteiger partial charge is 0.269 e. The molecule has 3 aromatic carbocycles. The van der Waals surface area contributed by atoms with Gasteiger partial charge in [0.2, 0.25) is 5.91 Å². The lowest BCUT2D eigenvalue weighted by Gasteiger charge is -2.09. The van der Waals surface area contributed by atoms with Gasteiger partial charge < -0.3 is 4.74 Å². The number of nitrogens with zero attached hydrogens (tertiary/aromatic N) is 2. The van der Waals surface area contributed by atoms with Gasteiger partial charge in [-0.3, -0.25) is 14.9 Å². The number of benzene rings is 3. The molecule has 0 aliphatic carbocycles. The number of nitro groups is 1. The molecule has 8 heteroatoms. The number of amides is 1. The van der Waals surface area contributed by atoms with E-state index >= 15 is 0 Å². The molecule has 0 radical (unpaired) electrons. The maximum Gasteiger partial charge on any atom is 0.269 e. The number of non-ortho nitro benzene ring substituents is 1. The van der Waals surface area contributed by atoms with Gasteiger partial charge in [-0.1, -0.05) is 36.4 Å². The molecular formula is C22H18FN3O4. The first kappa shape index (κ1) is 20.7. The van der Waals surface area contributed by atoms with Crippen molar-refractivity contribution in [3.05, 3.63) is 105 Å². The average Bonchev–Trinajstić information content (AvgIpc) is 2.74. The molecule has 1 amide bonds. The molecule has 0 saturated heterocycles. The zero-order chi connectivity index (χ0) is 21.3. The molecule has 0 bridgehead atoms. The SMILES string of the molecule is O=C(Cc1ccc([N+](=O)[O-])cc1)N/N=C\c1ccccc1OCc1ccc(F)cc1. The Morgan fingerprint density at radius 3 is 2.40 bits per heavy atom. The van der Waals surface area contributed by atoms with Crippen LogP contribution in [0.2, 0.25) is 0 Å². The van der Waals surface area contributed by atoms with Gasteiger partial charge in [-0.05, 0) is 35.4 Å². The summed E-state index contributed by atoms with van der Waals surface area (Å²) in [5, 5.41) is 14.6. The number of hydrazone groups is 1. The van der Waals surface area contributed by atoms with Crippen molar-refractivity contribution < 1.29 is 18.8 Å². The lowest BCUT2D eigenvalue weighted by Crippen LogP contribution is -2.19. The van der Waals surface area contributed by atoms with Crippen molar-refractivity contribution >= 4 is 17.8 Å². The minimum atomic E-state index is -0.496. The van der Waals surface area contributed by atoms with Crippen LogP contribution in [0.15, 0.2) is 77.9 Å². The number of rotatable bonds is 8. The minimum absolute atomic E-state index is 0.0329. The van der Waals surface area contributed by atoms with Crippen molar-refractivity contribution in [2.45, 2.75) is 13.0 Å². The van der Waals surface area contributed by atoms with Crippen LogP contribution in [0.3, 0.4) is 0 Å². The Hall–Kier alpha value is -4.07. The number of carbonyl (C=O) groups excluding carboxylic acids is 1. The van der Waals surface area contributed by atoms with E-state index in [-0.39, 0.29) is 30.4 Å². The molecule has 0 fully saturated rings. The van der Waals surface area contributed by atoms with Gasteiger partial charge in [0.15, 0.2) is 0 Å². The summed E-state index contributed by atoms with van der Waals surface area (Å²) in [6.07, 6.45) is 1.51. The van der Waals surface area contributed by atoms with Crippen LogP contribution in [0.25, 0.3) is 0 Å². The molecule has 0 saturated carbocycles. The van der Waals surface area contributed by atoms with Crippen LogP contribution in [-0.2, 0) is 17.8 Å². The van der Waals surface area contributed by atoms with Gasteiger partial charge in [0.05, 0.1) is 17.6 Å². The summed E-state index contributed by atoms with van der Waals surface area (Å²) in [6.45, 7) is 0.262. The molecule has 0 spiro atoms. The molecule has 0 aliphatic heterocycles. The van der Waals surface area contributed by atoms with Crippen molar-refractivity contribution in [3.63, 3.8) is 0 Å². The van der Waals surface area contributed by atoms with Crippen molar-refractivity contribution in [1.82, 2.24) is 5.43 Å². The first-order chi connectivity index (χ1) is 14.5. The molecule has 3 rings (SSSR count). The fraction of sp³-hybridized carbons (Fsp3) is 0.0909. The van der Waals surface area contributed by atoms with E-state index in [9.17, 15) is 19.3 Å². The van der Waals surface area contributed by atoms with Crippen LogP contribution < -0.4 is 10.2 Å². The van der Waals surface area contributed by atoms with E-state index in [1.807, 2.05) is 12.1 Å². The van der Waals surface area contributed by atoms with E-state index in [2.05, 4.69) is 10.5 Å². The van der Waals surface area contributed by atoms with Crippen LogP contribution in [0.1, 0.15) is 16.7 Å². The minimum Gasteiger partial charge on any atom is -0.488 e. The Kier molecular flexibility index (Phi) is 6.83. The average molecular weight is 407 g/mol. The number of hydrogen-bond donors (Lipinski definition) is 1. The van der Waals surface area contributed by atoms with E-state index in [1.54, 1.807) is 24.3 Å². The quantitative estimate of drug-likeness (QED) is 0.347. The number of nitro benzene ring substituents is 1. The van der Waals surface area contributed by atoms with Gasteiger partial charge in [-0.25, -0.2) is 9.82 Å². The molecule has 1 N–H and O–H groups in total. The van der Waals surface area contributed by atoms with Crippen LogP contribution in [0.4, 0.5) is 10.1 Å². The Morgan fingerprint density at radius 1 is 1.03 bits per heavy atom. The molecule has 0 unspecified atom stereocenters. The fourth-order valence-electron chi connectivity index (χ4n) is 2.59. The van der Waals surface area contributed by atoms with Crippen LogP contribution in [-0.4, -0.2) is 17.0 Å². The van der Waals surface area contributed by atoms with Crippen molar-refractivity contribution in [3.8, 4) is 5.75 Å². The Morgan fingerprint density at radius 2 is 1.70 bits per heavy atom. The van der Waals surface area contributed by atoms with Crippen molar-refractivity contribution in [1.29, 1.82) is 0 Å². The summed E-state index contributed by atoms with van der Waals surface area (Å²) in [4.78, 5) is 22.2. The lowest BCUT2D eigenvalue weighted by molar-refractivity contribution is -0.384. The third-order valence-corrected chi connectivity index (χ3v) is 4.13. The van der Waals surface area contributed by atoms with Crippen LogP contribution >= 0.6 is 0 Å². The van der Waals surface area contributed by atoms with Crippen LogP contribution in [0.5, 0.6) is 5.75 Å². The van der Waals surface area contributed by atoms with Crippen LogP contribution in [0, 0.1) is 15.9 Å². The molecule has 0 aliphatic rings. The summed E-state index contributed by atoms with van der Waals surface area (Å²) in [5.74, 6) is -0.101. The van der Waals surface area contributed by atoms with E-state index < -0.39 is 4.92 Å². The first-order valence-electron chi connectivity index (χ1n) is 9.03. The maximum absolute atomic E-state index is 13.0. The number of halogens is 1. The molecule has 0 atom stereocenters. The largest absolute Gasteiger partial charge is 0.488 e. The molecule has 7 nitrogen and oxygen atoms in total. The highest BCUT2D eigenvalue weighted by Crippen LogP contribution is 2.18. The highest BCUT2D eigenvalue weighted by atomic mass is 19.1. The molecular weight excluding hydrogens is 389 g/mol. The summed E-state index contributed by atoms with van der Waals surface area (Å²) < 4.78 is 18.8. The van der Waals surface area contributed by atoms with Gasteiger partial charge in [0, 0.05) is 17.7 Å². The maximum atomic E-state index is 13.0. The van der Waals surface area contributed by atoms with Crippen molar-refractivity contribution in [2.75, 3.05) is 0 Å². The Bertz CT molecular complexity index is 1050. The van der Waals surface area contributed by atoms with Crippen molar-refractivity contribution in [2.24, 2.45) is 5.10 Å². The number of ether oxygens (including phenoxy) is 1. The monoisotopic (exact) mass is 407 g/mol. The van der Waals surface area contributed by atoms with Gasteiger partial charge >= 0.3 is 0 Å². The second kappa shape index (κ2) is 9.92. The highest BCUT2D eigenvalue weighted by molar-refractivity contribution is 5.85. The Balaban J connectivity index is 1.55. The van der Waals surface area contributed by atoms with Gasteiger partial charge in [-0.15, -0.1) is 0 Å². The normalized spacial score (nSPS) is 10.7. The van der Waals surface area contributed by atoms with Gasteiger partial charge in [0.25, 0.3) is 5.69 Å². The third-order valence-electron chi connectivity index (χ3n) is 4.13. The number of para-hydroxylation sites is 1. The molecule has 0 heterocycles. The number of hydrogen-bond acceptors (Lipinski definition) is 5. The molecule has 3 aromatic rings. The van der Waals surface area contributed by atoms with Gasteiger partial charge in [0.1, 0.15) is 18.2 Å². The predicted molar refractivity (Wildman–Crippen MR) is 110 cm³/mol. The van der Waals surface area contributed by atoms with Gasteiger partial charge in [-0.2, -0.15) is 5.10 Å². The van der Waals surface area contributed by atoms with E-state index in [0.29, 0.717) is 16.9 Å². The topological polar surface area (TPSA) is 93.8 Å². The number of nitrogens with one attached hydrogen (secondary N) is 1. The second-order valence-corrected chi connectivity index (χ2v) is 6.35. The summed E-state index contributed by atoms with van der Waals surface area (Å²) in [6, 6.07) is 18.9. The zero-order valence-electron chi connectivity index (χ0n) is 15.8. The lowest BCUT2D eigenvalue weighted by atomic mass is 10.1. The third kappa shape index (κ3) is 5.96.